The molecule has 2 amide bonds. The van der Waals surface area contributed by atoms with Gasteiger partial charge >= 0.3 is 0 Å². The van der Waals surface area contributed by atoms with Gasteiger partial charge in [0, 0.05) is 24.5 Å². The van der Waals surface area contributed by atoms with E-state index in [9.17, 15) is 14.4 Å². The molecule has 1 atom stereocenters. The fourth-order valence-electron chi connectivity index (χ4n) is 4.20. The standard InChI is InChI=1S/C25H29N5O3/c1-2-8-21(25(33)27-18-9-7-10-19(15-18)29-13-5-6-14-29)28-23(31)17-30-22-12-4-3-11-20(22)26-16-24(30)32/h3-4,7,9-12,15-16,21H,2,5-6,8,13-14,17H2,1H3,(H,27,33)(H,28,31). The van der Waals surface area contributed by atoms with Crippen LogP contribution in [0.4, 0.5) is 11.4 Å². The number of nitrogens with one attached hydrogen (secondary N) is 2. The van der Waals surface area contributed by atoms with Gasteiger partial charge in [-0.3, -0.25) is 19.0 Å². The summed E-state index contributed by atoms with van der Waals surface area (Å²) in [6.07, 6.45) is 4.78. The quantitative estimate of drug-likeness (QED) is 0.554. The van der Waals surface area contributed by atoms with E-state index in [1.165, 1.54) is 23.6 Å². The smallest absolute Gasteiger partial charge is 0.269 e. The first-order valence-corrected chi connectivity index (χ1v) is 11.4. The van der Waals surface area contributed by atoms with Crippen LogP contribution in [0.25, 0.3) is 11.0 Å². The molecular formula is C25H29N5O3. The van der Waals surface area contributed by atoms with Crippen molar-refractivity contribution in [3.63, 3.8) is 0 Å². The lowest BCUT2D eigenvalue weighted by Gasteiger charge is -2.21. The van der Waals surface area contributed by atoms with E-state index < -0.39 is 11.9 Å². The Balaban J connectivity index is 1.45. The summed E-state index contributed by atoms with van der Waals surface area (Å²) >= 11 is 0. The molecule has 1 aromatic heterocycles. The number of anilines is 2. The van der Waals surface area contributed by atoms with Crippen LogP contribution >= 0.6 is 0 Å². The number of para-hydroxylation sites is 2. The van der Waals surface area contributed by atoms with Crippen LogP contribution in [0.15, 0.2) is 59.5 Å². The van der Waals surface area contributed by atoms with Crippen molar-refractivity contribution in [3.05, 3.63) is 65.1 Å². The summed E-state index contributed by atoms with van der Waals surface area (Å²) < 4.78 is 1.37. The summed E-state index contributed by atoms with van der Waals surface area (Å²) in [5, 5.41) is 5.75. The average molecular weight is 448 g/mol. The molecule has 2 heterocycles. The number of hydrogen-bond acceptors (Lipinski definition) is 5. The Morgan fingerprint density at radius 3 is 2.67 bits per heavy atom. The van der Waals surface area contributed by atoms with Gasteiger partial charge in [-0.15, -0.1) is 0 Å². The molecular weight excluding hydrogens is 418 g/mol. The van der Waals surface area contributed by atoms with Crippen molar-refractivity contribution in [2.75, 3.05) is 23.3 Å². The predicted molar refractivity (Wildman–Crippen MR) is 129 cm³/mol. The van der Waals surface area contributed by atoms with Gasteiger partial charge in [-0.1, -0.05) is 31.5 Å². The maximum absolute atomic E-state index is 13.0. The number of carbonyl (C=O) groups is 2. The summed E-state index contributed by atoms with van der Waals surface area (Å²) in [5.41, 5.74) is 2.64. The number of nitrogens with zero attached hydrogens (tertiary/aromatic N) is 3. The maximum Gasteiger partial charge on any atom is 0.269 e. The highest BCUT2D eigenvalue weighted by Crippen LogP contribution is 2.23. The van der Waals surface area contributed by atoms with Crippen LogP contribution in [-0.4, -0.2) is 40.5 Å². The van der Waals surface area contributed by atoms with Gasteiger partial charge in [-0.25, -0.2) is 4.98 Å². The van der Waals surface area contributed by atoms with Gasteiger partial charge in [0.05, 0.1) is 17.2 Å². The van der Waals surface area contributed by atoms with Gasteiger partial charge in [0.1, 0.15) is 12.6 Å². The lowest BCUT2D eigenvalue weighted by Crippen LogP contribution is -2.45. The highest BCUT2D eigenvalue weighted by Gasteiger charge is 2.21. The molecule has 172 valence electrons. The molecule has 4 rings (SSSR count). The summed E-state index contributed by atoms with van der Waals surface area (Å²) in [4.78, 5) is 44.5. The molecule has 1 fully saturated rings. The number of aromatic nitrogens is 2. The van der Waals surface area contributed by atoms with E-state index in [1.54, 1.807) is 18.2 Å². The molecule has 0 spiro atoms. The topological polar surface area (TPSA) is 96.3 Å². The van der Waals surface area contributed by atoms with Crippen LogP contribution in [-0.2, 0) is 16.1 Å². The SMILES string of the molecule is CCCC(NC(=O)Cn1c(=O)cnc2ccccc21)C(=O)Nc1cccc(N2CCCC2)c1. The number of hydrogen-bond donors (Lipinski definition) is 2. The van der Waals surface area contributed by atoms with E-state index in [2.05, 4.69) is 20.5 Å². The van der Waals surface area contributed by atoms with Crippen LogP contribution in [0.3, 0.4) is 0 Å². The Bertz CT molecular complexity index is 1200. The molecule has 2 aromatic carbocycles. The molecule has 0 radical (unpaired) electrons. The summed E-state index contributed by atoms with van der Waals surface area (Å²) in [6.45, 7) is 3.82. The van der Waals surface area contributed by atoms with Crippen molar-refractivity contribution in [3.8, 4) is 0 Å². The molecule has 1 unspecified atom stereocenters. The second-order valence-electron chi connectivity index (χ2n) is 8.31. The molecule has 0 saturated carbocycles. The minimum atomic E-state index is -0.693. The van der Waals surface area contributed by atoms with Crippen LogP contribution in [0.5, 0.6) is 0 Å². The minimum absolute atomic E-state index is 0.181. The Hall–Kier alpha value is -3.68. The third-order valence-corrected chi connectivity index (χ3v) is 5.87. The van der Waals surface area contributed by atoms with Gasteiger partial charge in [-0.05, 0) is 49.6 Å². The van der Waals surface area contributed by atoms with E-state index in [0.717, 1.165) is 25.2 Å². The van der Waals surface area contributed by atoms with Crippen molar-refractivity contribution in [2.45, 2.75) is 45.2 Å². The zero-order chi connectivity index (χ0) is 23.2. The summed E-state index contributed by atoms with van der Waals surface area (Å²) in [7, 11) is 0. The monoisotopic (exact) mass is 447 g/mol. The number of amides is 2. The van der Waals surface area contributed by atoms with Crippen molar-refractivity contribution < 1.29 is 9.59 Å². The van der Waals surface area contributed by atoms with Crippen molar-refractivity contribution in [1.29, 1.82) is 0 Å². The number of rotatable bonds is 8. The normalized spacial score (nSPS) is 14.3. The minimum Gasteiger partial charge on any atom is -0.371 e. The van der Waals surface area contributed by atoms with E-state index in [0.29, 0.717) is 23.1 Å². The van der Waals surface area contributed by atoms with E-state index in [-0.39, 0.29) is 18.0 Å². The Morgan fingerprint density at radius 1 is 1.09 bits per heavy atom. The zero-order valence-corrected chi connectivity index (χ0v) is 18.8. The largest absolute Gasteiger partial charge is 0.371 e. The third-order valence-electron chi connectivity index (χ3n) is 5.87. The number of fused-ring (bicyclic) bond motifs is 1. The highest BCUT2D eigenvalue weighted by atomic mass is 16.2. The number of carbonyl (C=O) groups excluding carboxylic acids is 2. The summed E-state index contributed by atoms with van der Waals surface area (Å²) in [6, 6.07) is 14.3. The lowest BCUT2D eigenvalue weighted by molar-refractivity contribution is -0.127. The number of benzene rings is 2. The Kier molecular flexibility index (Phi) is 7.02. The molecule has 3 aromatic rings. The lowest BCUT2D eigenvalue weighted by atomic mass is 10.1. The second kappa shape index (κ2) is 10.3. The van der Waals surface area contributed by atoms with Gasteiger partial charge in [-0.2, -0.15) is 0 Å². The van der Waals surface area contributed by atoms with E-state index in [1.807, 2.05) is 37.3 Å². The molecule has 0 aliphatic carbocycles. The summed E-state index contributed by atoms with van der Waals surface area (Å²) in [5.74, 6) is -0.663. The van der Waals surface area contributed by atoms with Gasteiger partial charge < -0.3 is 15.5 Å². The average Bonchev–Trinajstić information content (AvgIpc) is 3.36. The molecule has 8 nitrogen and oxygen atoms in total. The maximum atomic E-state index is 13.0. The zero-order valence-electron chi connectivity index (χ0n) is 18.8. The van der Waals surface area contributed by atoms with Gasteiger partial charge in [0.15, 0.2) is 0 Å². The molecule has 1 aliphatic heterocycles. The molecule has 33 heavy (non-hydrogen) atoms. The van der Waals surface area contributed by atoms with Gasteiger partial charge in [0.25, 0.3) is 5.56 Å². The highest BCUT2D eigenvalue weighted by molar-refractivity contribution is 5.97. The Labute approximate surface area is 192 Å². The predicted octanol–water partition coefficient (Wildman–Crippen LogP) is 2.92. The van der Waals surface area contributed by atoms with Crippen molar-refractivity contribution in [2.24, 2.45) is 0 Å². The van der Waals surface area contributed by atoms with E-state index >= 15 is 0 Å². The fourth-order valence-corrected chi connectivity index (χ4v) is 4.20. The molecule has 1 saturated heterocycles. The molecule has 0 bridgehead atoms. The second-order valence-corrected chi connectivity index (χ2v) is 8.31. The first-order chi connectivity index (χ1) is 16.0. The van der Waals surface area contributed by atoms with Gasteiger partial charge in [0.2, 0.25) is 11.8 Å². The van der Waals surface area contributed by atoms with E-state index in [4.69, 9.17) is 0 Å². The molecule has 8 heteroatoms. The fraction of sp³-hybridized carbons (Fsp3) is 0.360. The van der Waals surface area contributed by atoms with Crippen LogP contribution in [0.1, 0.15) is 32.6 Å². The molecule has 2 N–H and O–H groups in total. The van der Waals surface area contributed by atoms with Crippen molar-refractivity contribution in [1.82, 2.24) is 14.9 Å². The van der Waals surface area contributed by atoms with Crippen LogP contribution in [0.2, 0.25) is 0 Å². The van der Waals surface area contributed by atoms with Crippen molar-refractivity contribution >= 4 is 34.2 Å². The third kappa shape index (κ3) is 5.39. The first kappa shape index (κ1) is 22.5. The van der Waals surface area contributed by atoms with Crippen LogP contribution < -0.4 is 21.1 Å². The van der Waals surface area contributed by atoms with Crippen LogP contribution in [0, 0.1) is 0 Å². The molecule has 1 aliphatic rings. The Morgan fingerprint density at radius 2 is 1.88 bits per heavy atom. The first-order valence-electron chi connectivity index (χ1n) is 11.4.